The van der Waals surface area contributed by atoms with Crippen LogP contribution in [-0.4, -0.2) is 46.5 Å². The Morgan fingerprint density at radius 1 is 1.41 bits per heavy atom. The highest BCUT2D eigenvalue weighted by atomic mass is 32.1. The summed E-state index contributed by atoms with van der Waals surface area (Å²) in [6, 6.07) is 6.64. The van der Waals surface area contributed by atoms with E-state index < -0.39 is 5.54 Å². The molecule has 1 aromatic heterocycles. The van der Waals surface area contributed by atoms with Crippen molar-refractivity contribution < 1.29 is 19.7 Å². The van der Waals surface area contributed by atoms with E-state index in [1.807, 2.05) is 0 Å². The fraction of sp³-hybridized carbons (Fsp3) is 0.333. The number of benzene rings is 1. The fourth-order valence-corrected chi connectivity index (χ4v) is 3.10. The molecular formula is C15H16N2O4S. The van der Waals surface area contributed by atoms with E-state index in [1.54, 1.807) is 29.6 Å². The second kappa shape index (κ2) is 6.04. The molecule has 0 aliphatic carbocycles. The smallest absolute Gasteiger partial charge is 0.271 e. The lowest BCUT2D eigenvalue weighted by Gasteiger charge is -2.25. The molecule has 1 aliphatic heterocycles. The summed E-state index contributed by atoms with van der Waals surface area (Å²) in [6.07, 6.45) is 0.587. The summed E-state index contributed by atoms with van der Waals surface area (Å²) in [6.45, 7) is 0.675. The summed E-state index contributed by atoms with van der Waals surface area (Å²) in [4.78, 5) is 16.6. The van der Waals surface area contributed by atoms with Crippen molar-refractivity contribution in [3.63, 3.8) is 0 Å². The van der Waals surface area contributed by atoms with Gasteiger partial charge in [0.05, 0.1) is 18.8 Å². The number of amides is 1. The molecule has 0 saturated carbocycles. The van der Waals surface area contributed by atoms with Crippen LogP contribution in [0.4, 0.5) is 0 Å². The number of hydrogen-bond acceptors (Lipinski definition) is 6. The third kappa shape index (κ3) is 2.96. The van der Waals surface area contributed by atoms with Crippen LogP contribution in [0.5, 0.6) is 5.75 Å². The van der Waals surface area contributed by atoms with Gasteiger partial charge >= 0.3 is 0 Å². The summed E-state index contributed by atoms with van der Waals surface area (Å²) >= 11 is 1.35. The molecule has 2 aromatic rings. The maximum Gasteiger partial charge on any atom is 0.271 e. The van der Waals surface area contributed by atoms with E-state index in [2.05, 4.69) is 10.3 Å². The SMILES string of the molecule is O=C(NC1(CO)CCOC1)c1csc(-c2ccc(O)cc2)n1. The molecule has 1 atom stereocenters. The van der Waals surface area contributed by atoms with E-state index in [-0.39, 0.29) is 18.3 Å². The Labute approximate surface area is 131 Å². The number of aliphatic hydroxyl groups is 1. The minimum absolute atomic E-state index is 0.159. The zero-order chi connectivity index (χ0) is 15.6. The number of phenolic OH excluding ortho intramolecular Hbond substituents is 1. The molecule has 22 heavy (non-hydrogen) atoms. The first-order valence-electron chi connectivity index (χ1n) is 6.88. The molecule has 1 fully saturated rings. The van der Waals surface area contributed by atoms with E-state index in [0.717, 1.165) is 5.56 Å². The molecule has 116 valence electrons. The molecule has 0 radical (unpaired) electrons. The Morgan fingerprint density at radius 3 is 2.82 bits per heavy atom. The van der Waals surface area contributed by atoms with Crippen LogP contribution in [0.15, 0.2) is 29.6 Å². The van der Waals surface area contributed by atoms with Crippen LogP contribution >= 0.6 is 11.3 Å². The van der Waals surface area contributed by atoms with Gasteiger partial charge in [0.1, 0.15) is 16.5 Å². The average Bonchev–Trinajstić information content (AvgIpc) is 3.18. The van der Waals surface area contributed by atoms with Crippen LogP contribution in [0.3, 0.4) is 0 Å². The van der Waals surface area contributed by atoms with Crippen molar-refractivity contribution in [3.05, 3.63) is 35.3 Å². The van der Waals surface area contributed by atoms with Gasteiger partial charge in [-0.05, 0) is 30.7 Å². The molecule has 3 rings (SSSR count). The summed E-state index contributed by atoms with van der Waals surface area (Å²) in [7, 11) is 0. The highest BCUT2D eigenvalue weighted by molar-refractivity contribution is 7.13. The second-order valence-electron chi connectivity index (χ2n) is 5.28. The summed E-state index contributed by atoms with van der Waals surface area (Å²) in [5, 5.41) is 24.0. The Hall–Kier alpha value is -1.96. The van der Waals surface area contributed by atoms with Gasteiger partial charge < -0.3 is 20.3 Å². The van der Waals surface area contributed by atoms with Crippen LogP contribution in [0.1, 0.15) is 16.9 Å². The third-order valence-corrected chi connectivity index (χ3v) is 4.53. The van der Waals surface area contributed by atoms with Gasteiger partial charge in [-0.15, -0.1) is 11.3 Å². The number of nitrogens with one attached hydrogen (secondary N) is 1. The number of rotatable bonds is 4. The minimum atomic E-state index is -0.709. The highest BCUT2D eigenvalue weighted by Crippen LogP contribution is 2.26. The standard InChI is InChI=1S/C15H16N2O4S/c18-8-15(5-6-21-9-15)17-13(20)12-7-22-14(16-12)10-1-3-11(19)4-2-10/h1-4,7,18-19H,5-6,8-9H2,(H,17,20). The number of thiazole rings is 1. The Morgan fingerprint density at radius 2 is 2.18 bits per heavy atom. The molecule has 0 spiro atoms. The van der Waals surface area contributed by atoms with Crippen molar-refractivity contribution in [2.75, 3.05) is 19.8 Å². The van der Waals surface area contributed by atoms with E-state index in [4.69, 9.17) is 4.74 Å². The normalized spacial score (nSPS) is 21.0. The van der Waals surface area contributed by atoms with Crippen LogP contribution in [0, 0.1) is 0 Å². The number of carbonyl (C=O) groups excluding carboxylic acids is 1. The molecule has 7 heteroatoms. The Balaban J connectivity index is 1.75. The van der Waals surface area contributed by atoms with Gasteiger partial charge in [0.25, 0.3) is 5.91 Å². The monoisotopic (exact) mass is 320 g/mol. The lowest BCUT2D eigenvalue weighted by atomic mass is 10.00. The van der Waals surface area contributed by atoms with Gasteiger partial charge in [0.15, 0.2) is 0 Å². The number of nitrogens with zero attached hydrogens (tertiary/aromatic N) is 1. The van der Waals surface area contributed by atoms with Crippen LogP contribution in [-0.2, 0) is 4.74 Å². The molecule has 1 aromatic carbocycles. The zero-order valence-electron chi connectivity index (χ0n) is 11.8. The second-order valence-corrected chi connectivity index (χ2v) is 6.14. The molecule has 3 N–H and O–H groups in total. The molecule has 1 aliphatic rings. The lowest BCUT2D eigenvalue weighted by Crippen LogP contribution is -2.52. The molecule has 2 heterocycles. The third-order valence-electron chi connectivity index (χ3n) is 3.64. The van der Waals surface area contributed by atoms with Crippen LogP contribution in [0.25, 0.3) is 10.6 Å². The van der Waals surface area contributed by atoms with E-state index in [0.29, 0.717) is 30.3 Å². The first kappa shape index (κ1) is 15.0. The number of phenols is 1. The van der Waals surface area contributed by atoms with E-state index >= 15 is 0 Å². The average molecular weight is 320 g/mol. The number of aromatic hydroxyl groups is 1. The molecule has 1 saturated heterocycles. The van der Waals surface area contributed by atoms with E-state index in [1.165, 1.54) is 11.3 Å². The number of ether oxygens (including phenoxy) is 1. The molecule has 1 amide bonds. The molecule has 0 bridgehead atoms. The minimum Gasteiger partial charge on any atom is -0.508 e. The van der Waals surface area contributed by atoms with Crippen molar-refractivity contribution in [1.82, 2.24) is 10.3 Å². The zero-order valence-corrected chi connectivity index (χ0v) is 12.6. The van der Waals surface area contributed by atoms with Gasteiger partial charge in [-0.1, -0.05) is 0 Å². The Bertz CT molecular complexity index is 662. The number of aliphatic hydroxyl groups excluding tert-OH is 1. The van der Waals surface area contributed by atoms with Gasteiger partial charge in [0.2, 0.25) is 0 Å². The summed E-state index contributed by atoms with van der Waals surface area (Å²) < 4.78 is 5.26. The largest absolute Gasteiger partial charge is 0.508 e. The van der Waals surface area contributed by atoms with Gasteiger partial charge in [-0.3, -0.25) is 4.79 Å². The van der Waals surface area contributed by atoms with Gasteiger partial charge in [0, 0.05) is 17.6 Å². The number of carbonyl (C=O) groups is 1. The summed E-state index contributed by atoms with van der Waals surface area (Å²) in [5.41, 5.74) is 0.440. The molecule has 6 nitrogen and oxygen atoms in total. The number of aromatic nitrogens is 1. The maximum absolute atomic E-state index is 12.3. The van der Waals surface area contributed by atoms with Crippen molar-refractivity contribution in [3.8, 4) is 16.3 Å². The first-order chi connectivity index (χ1) is 10.6. The molecule has 1 unspecified atom stereocenters. The first-order valence-corrected chi connectivity index (χ1v) is 7.76. The quantitative estimate of drug-likeness (QED) is 0.792. The lowest BCUT2D eigenvalue weighted by molar-refractivity contribution is 0.0785. The van der Waals surface area contributed by atoms with Crippen molar-refractivity contribution in [1.29, 1.82) is 0 Å². The predicted octanol–water partition coefficient (Wildman–Crippen LogP) is 1.40. The van der Waals surface area contributed by atoms with Gasteiger partial charge in [-0.2, -0.15) is 0 Å². The van der Waals surface area contributed by atoms with Crippen LogP contribution in [0.2, 0.25) is 0 Å². The van der Waals surface area contributed by atoms with Crippen molar-refractivity contribution in [2.24, 2.45) is 0 Å². The van der Waals surface area contributed by atoms with Crippen molar-refractivity contribution >= 4 is 17.2 Å². The Kier molecular flexibility index (Phi) is 4.10. The maximum atomic E-state index is 12.3. The summed E-state index contributed by atoms with van der Waals surface area (Å²) in [5.74, 6) is -0.134. The molecular weight excluding hydrogens is 304 g/mol. The number of hydrogen-bond donors (Lipinski definition) is 3. The fourth-order valence-electron chi connectivity index (χ4n) is 2.29. The van der Waals surface area contributed by atoms with Crippen LogP contribution < -0.4 is 5.32 Å². The van der Waals surface area contributed by atoms with Crippen molar-refractivity contribution in [2.45, 2.75) is 12.0 Å². The topological polar surface area (TPSA) is 91.7 Å². The predicted molar refractivity (Wildman–Crippen MR) is 81.9 cm³/mol. The van der Waals surface area contributed by atoms with E-state index in [9.17, 15) is 15.0 Å². The van der Waals surface area contributed by atoms with Gasteiger partial charge in [-0.25, -0.2) is 4.98 Å². The highest BCUT2D eigenvalue weighted by Gasteiger charge is 2.36.